The molecule has 3 radical (unpaired) electrons. The Labute approximate surface area is 84.3 Å². The number of hydrogen-bond acceptors (Lipinski definition) is 2. The Bertz CT molecular complexity index is 136. The van der Waals surface area contributed by atoms with Gasteiger partial charge in [0.2, 0.25) is 0 Å². The van der Waals surface area contributed by atoms with Crippen LogP contribution in [-0.4, -0.2) is 31.3 Å². The van der Waals surface area contributed by atoms with E-state index in [2.05, 4.69) is 13.8 Å². The van der Waals surface area contributed by atoms with E-state index in [9.17, 15) is 5.11 Å². The fourth-order valence-electron chi connectivity index (χ4n) is 0.552. The first-order valence-corrected chi connectivity index (χ1v) is 4.53. The summed E-state index contributed by atoms with van der Waals surface area (Å²) in [5.41, 5.74) is -1.26. The first kappa shape index (κ1) is 15.5. The summed E-state index contributed by atoms with van der Waals surface area (Å²) in [7, 11) is 0. The van der Waals surface area contributed by atoms with Crippen molar-refractivity contribution in [3.05, 3.63) is 0 Å². The highest BCUT2D eigenvalue weighted by Crippen LogP contribution is 2.25. The molecule has 0 atom stereocenters. The molecule has 0 aromatic carbocycles. The first-order valence-electron chi connectivity index (χ1n) is 4.53. The predicted octanol–water partition coefficient (Wildman–Crippen LogP) is 1.83. The van der Waals surface area contributed by atoms with Crippen molar-refractivity contribution in [3.8, 4) is 0 Å². The van der Waals surface area contributed by atoms with E-state index >= 15 is 0 Å². The van der Waals surface area contributed by atoms with Gasteiger partial charge in [-0.15, -0.1) is 0 Å². The fourth-order valence-corrected chi connectivity index (χ4v) is 0.552. The van der Waals surface area contributed by atoms with E-state index in [1.165, 1.54) is 0 Å². The summed E-state index contributed by atoms with van der Waals surface area (Å²) >= 11 is 0. The van der Waals surface area contributed by atoms with Gasteiger partial charge in [-0.2, -0.15) is 0 Å². The second kappa shape index (κ2) is 5.01. The van der Waals surface area contributed by atoms with E-state index in [0.717, 1.165) is 0 Å². The van der Waals surface area contributed by atoms with Gasteiger partial charge in [-0.25, -0.2) is 0 Å². The van der Waals surface area contributed by atoms with Crippen LogP contribution in [-0.2, 0) is 4.74 Å². The zero-order valence-corrected chi connectivity index (χ0v) is 9.72. The molecular formula is C10H22BO2. The van der Waals surface area contributed by atoms with E-state index in [1.807, 2.05) is 13.8 Å². The predicted molar refractivity (Wildman–Crippen MR) is 56.9 cm³/mol. The van der Waals surface area contributed by atoms with Gasteiger partial charge in [0.25, 0.3) is 0 Å². The van der Waals surface area contributed by atoms with Crippen molar-refractivity contribution in [3.63, 3.8) is 0 Å². The van der Waals surface area contributed by atoms with Crippen LogP contribution in [0.2, 0.25) is 0 Å². The van der Waals surface area contributed by atoms with Crippen molar-refractivity contribution in [2.45, 2.75) is 52.7 Å². The zero-order chi connectivity index (χ0) is 9.99. The van der Waals surface area contributed by atoms with Crippen molar-refractivity contribution in [2.75, 3.05) is 6.61 Å². The maximum atomic E-state index is 9.73. The summed E-state index contributed by atoms with van der Waals surface area (Å²) in [4.78, 5) is 0. The van der Waals surface area contributed by atoms with Gasteiger partial charge in [-0.3, -0.25) is 0 Å². The van der Waals surface area contributed by atoms with Crippen LogP contribution in [0.1, 0.15) is 41.5 Å². The quantitative estimate of drug-likeness (QED) is 0.677. The molecule has 0 aliphatic heterocycles. The maximum absolute atomic E-state index is 9.73. The normalized spacial score (nSPS) is 12.9. The lowest BCUT2D eigenvalue weighted by atomic mass is 9.89. The number of ether oxygens (including phenoxy) is 1. The molecule has 0 bridgehead atoms. The van der Waals surface area contributed by atoms with Crippen LogP contribution >= 0.6 is 0 Å². The van der Waals surface area contributed by atoms with Gasteiger partial charge in [0.05, 0.1) is 11.2 Å². The minimum Gasteiger partial charge on any atom is -0.387 e. The molecule has 1 N–H and O–H groups in total. The zero-order valence-electron chi connectivity index (χ0n) is 9.72. The molecule has 13 heavy (non-hydrogen) atoms. The number of hydrogen-bond donors (Lipinski definition) is 1. The van der Waals surface area contributed by atoms with Crippen molar-refractivity contribution >= 4 is 8.41 Å². The Morgan fingerprint density at radius 3 is 1.77 bits per heavy atom. The van der Waals surface area contributed by atoms with E-state index in [-0.39, 0.29) is 8.41 Å². The lowest BCUT2D eigenvalue weighted by molar-refractivity contribution is -0.152. The van der Waals surface area contributed by atoms with Crippen LogP contribution in [0.4, 0.5) is 0 Å². The van der Waals surface area contributed by atoms with Crippen LogP contribution in [0.15, 0.2) is 0 Å². The molecule has 0 aromatic rings. The van der Waals surface area contributed by atoms with Gasteiger partial charge in [-0.1, -0.05) is 13.8 Å². The minimum absolute atomic E-state index is 0. The van der Waals surface area contributed by atoms with Gasteiger partial charge >= 0.3 is 0 Å². The lowest BCUT2D eigenvalue weighted by Gasteiger charge is -2.37. The van der Waals surface area contributed by atoms with E-state index in [1.54, 1.807) is 13.8 Å². The molecule has 0 saturated heterocycles. The van der Waals surface area contributed by atoms with Crippen molar-refractivity contribution < 1.29 is 9.84 Å². The summed E-state index contributed by atoms with van der Waals surface area (Å²) in [5, 5.41) is 9.73. The largest absolute Gasteiger partial charge is 0.387 e. The van der Waals surface area contributed by atoms with Gasteiger partial charge in [0.15, 0.2) is 0 Å². The highest BCUT2D eigenvalue weighted by Gasteiger charge is 2.35. The Kier molecular flexibility index (Phi) is 5.96. The fraction of sp³-hybridized carbons (Fsp3) is 1.00. The molecule has 0 aliphatic rings. The third kappa shape index (κ3) is 5.32. The SMILES string of the molecule is CC(C)COC(C)(C)C(C)(C)O.[B]. The molecule has 2 nitrogen and oxygen atoms in total. The Hall–Kier alpha value is -0.0151. The van der Waals surface area contributed by atoms with Gasteiger partial charge in [0.1, 0.15) is 0 Å². The van der Waals surface area contributed by atoms with Crippen LogP contribution in [0.3, 0.4) is 0 Å². The molecule has 0 heterocycles. The highest BCUT2D eigenvalue weighted by atomic mass is 16.5. The summed E-state index contributed by atoms with van der Waals surface area (Å²) in [5.74, 6) is 0.506. The van der Waals surface area contributed by atoms with Gasteiger partial charge < -0.3 is 9.84 Å². The third-order valence-electron chi connectivity index (χ3n) is 2.25. The van der Waals surface area contributed by atoms with Gasteiger partial charge in [-0.05, 0) is 33.6 Å². The van der Waals surface area contributed by atoms with Crippen LogP contribution in [0, 0.1) is 5.92 Å². The average Bonchev–Trinajstić information content (AvgIpc) is 1.81. The molecule has 0 spiro atoms. The minimum atomic E-state index is -0.790. The molecule has 0 aliphatic carbocycles. The lowest BCUT2D eigenvalue weighted by Crippen LogP contribution is -2.47. The Morgan fingerprint density at radius 1 is 1.15 bits per heavy atom. The topological polar surface area (TPSA) is 29.5 Å². The van der Waals surface area contributed by atoms with Crippen LogP contribution in [0.25, 0.3) is 0 Å². The van der Waals surface area contributed by atoms with Gasteiger partial charge in [0, 0.05) is 15.0 Å². The smallest absolute Gasteiger partial charge is 0.0906 e. The van der Waals surface area contributed by atoms with Crippen LogP contribution < -0.4 is 0 Å². The summed E-state index contributed by atoms with van der Waals surface area (Å²) in [6.45, 7) is 12.3. The van der Waals surface area contributed by atoms with Crippen molar-refractivity contribution in [2.24, 2.45) is 5.92 Å². The van der Waals surface area contributed by atoms with E-state index in [0.29, 0.717) is 12.5 Å². The molecule has 0 fully saturated rings. The molecule has 0 unspecified atom stereocenters. The molecule has 0 aromatic heterocycles. The Morgan fingerprint density at radius 2 is 1.54 bits per heavy atom. The second-order valence-electron chi connectivity index (χ2n) is 4.77. The second-order valence-corrected chi connectivity index (χ2v) is 4.77. The summed E-state index contributed by atoms with van der Waals surface area (Å²) < 4.78 is 5.61. The molecule has 0 amide bonds. The summed E-state index contributed by atoms with van der Waals surface area (Å²) in [6.07, 6.45) is 0. The number of aliphatic hydroxyl groups is 1. The first-order chi connectivity index (χ1) is 5.17. The highest BCUT2D eigenvalue weighted by molar-refractivity contribution is 5.75. The molecular weight excluding hydrogens is 163 g/mol. The van der Waals surface area contributed by atoms with E-state index in [4.69, 9.17) is 4.74 Å². The Balaban J connectivity index is 0. The number of rotatable bonds is 4. The molecule has 0 rings (SSSR count). The van der Waals surface area contributed by atoms with Crippen molar-refractivity contribution in [1.29, 1.82) is 0 Å². The summed E-state index contributed by atoms with van der Waals surface area (Å²) in [6, 6.07) is 0. The standard InChI is InChI=1S/C10H22O2.B/c1-8(2)7-12-10(5,6)9(3,4)11;/h8,11H,7H2,1-6H3;. The molecule has 0 saturated carbocycles. The van der Waals surface area contributed by atoms with Crippen molar-refractivity contribution in [1.82, 2.24) is 0 Å². The van der Waals surface area contributed by atoms with E-state index < -0.39 is 11.2 Å². The average molecular weight is 185 g/mol. The molecule has 77 valence electrons. The molecule has 3 heteroatoms. The van der Waals surface area contributed by atoms with Crippen LogP contribution in [0.5, 0.6) is 0 Å². The monoisotopic (exact) mass is 185 g/mol. The third-order valence-corrected chi connectivity index (χ3v) is 2.25. The maximum Gasteiger partial charge on any atom is 0.0906 e.